The molecular formula is C46H89N3O14. The van der Waals surface area contributed by atoms with Crippen molar-refractivity contribution in [2.45, 2.75) is 260 Å². The summed E-state index contributed by atoms with van der Waals surface area (Å²) in [4.78, 5) is 13.4. The molecule has 12 N–H and O–H groups in total. The van der Waals surface area contributed by atoms with Crippen LogP contribution in [0, 0.1) is 0 Å². The molecule has 1 amide bonds. The lowest BCUT2D eigenvalue weighted by molar-refractivity contribution is -0.350. The van der Waals surface area contributed by atoms with Gasteiger partial charge in [0.2, 0.25) is 5.91 Å². The zero-order valence-electron chi connectivity index (χ0n) is 38.6. The Hall–Kier alpha value is -1.13. The second-order valence-electron chi connectivity index (χ2n) is 18.1. The lowest BCUT2D eigenvalue weighted by atomic mass is 9.94. The molecule has 0 aliphatic carbocycles. The molecule has 0 spiro atoms. The first-order valence-electron chi connectivity index (χ1n) is 24.8. The van der Waals surface area contributed by atoms with E-state index in [2.05, 4.69) is 19.2 Å². The third-order valence-electron chi connectivity index (χ3n) is 12.9. The molecule has 3 heterocycles. The summed E-state index contributed by atoms with van der Waals surface area (Å²) < 4.78 is 35.9. The van der Waals surface area contributed by atoms with E-state index in [9.17, 15) is 40.5 Å². The zero-order valence-corrected chi connectivity index (χ0v) is 38.6. The highest BCUT2D eigenvalue weighted by Crippen LogP contribution is 2.32. The molecule has 0 saturated carbocycles. The summed E-state index contributed by atoms with van der Waals surface area (Å²) in [6.07, 6.45) is 10.5. The highest BCUT2D eigenvalue weighted by Gasteiger charge is 2.53. The monoisotopic (exact) mass is 908 g/mol. The first-order valence-corrected chi connectivity index (χ1v) is 24.8. The maximum atomic E-state index is 13.4. The number of carbonyl (C=O) groups excluding carboxylic acids is 1. The molecule has 3 aliphatic rings. The lowest BCUT2D eigenvalue weighted by Gasteiger charge is -2.49. The van der Waals surface area contributed by atoms with Crippen LogP contribution in [0.2, 0.25) is 0 Å². The first kappa shape index (κ1) is 56.2. The molecule has 3 fully saturated rings. The molecule has 15 atom stereocenters. The van der Waals surface area contributed by atoms with Crippen molar-refractivity contribution in [3.05, 3.63) is 0 Å². The number of unbranched alkanes of at least 4 members (excludes halogenated alkanes) is 21. The fourth-order valence-corrected chi connectivity index (χ4v) is 8.80. The Morgan fingerprint density at radius 2 is 0.873 bits per heavy atom. The lowest BCUT2D eigenvalue weighted by Crippen LogP contribution is -2.70. The van der Waals surface area contributed by atoms with Crippen molar-refractivity contribution in [3.63, 3.8) is 0 Å². The molecule has 3 aliphatic heterocycles. The second kappa shape index (κ2) is 32.6. The highest BCUT2D eigenvalue weighted by molar-refractivity contribution is 5.76. The summed E-state index contributed by atoms with van der Waals surface area (Å²) in [7, 11) is 0. The highest BCUT2D eigenvalue weighted by atomic mass is 16.7. The summed E-state index contributed by atoms with van der Waals surface area (Å²) in [5, 5.41) is 77.1. The minimum atomic E-state index is -1.59. The number of aliphatic hydroxyl groups excluding tert-OH is 7. The van der Waals surface area contributed by atoms with Crippen molar-refractivity contribution < 1.29 is 69.0 Å². The van der Waals surface area contributed by atoms with E-state index in [0.29, 0.717) is 13.0 Å². The summed E-state index contributed by atoms with van der Waals surface area (Å²) >= 11 is 0. The fourth-order valence-electron chi connectivity index (χ4n) is 8.80. The van der Waals surface area contributed by atoms with Crippen LogP contribution in [-0.4, -0.2) is 160 Å². The maximum absolute atomic E-state index is 13.4. The molecule has 372 valence electrons. The molecule has 3 saturated heterocycles. The molecule has 17 nitrogen and oxygen atoms in total. The topological polar surface area (TPSA) is 278 Å². The molecule has 0 aromatic rings. The van der Waals surface area contributed by atoms with Crippen LogP contribution in [0.4, 0.5) is 0 Å². The van der Waals surface area contributed by atoms with Crippen LogP contribution in [0.15, 0.2) is 0 Å². The molecular weight excluding hydrogens is 819 g/mol. The number of nitrogens with two attached hydrogens (primary N) is 2. The number of aliphatic hydroxyl groups is 7. The largest absolute Gasteiger partial charge is 0.394 e. The predicted octanol–water partition coefficient (Wildman–Crippen LogP) is 2.91. The maximum Gasteiger partial charge on any atom is 0.220 e. The predicted molar refractivity (Wildman–Crippen MR) is 237 cm³/mol. The van der Waals surface area contributed by atoms with E-state index in [1.165, 1.54) is 96.3 Å². The molecule has 3 rings (SSSR count). The number of carbonyl (C=O) groups is 1. The number of ether oxygens (including phenoxy) is 6. The number of amides is 1. The van der Waals surface area contributed by atoms with Crippen molar-refractivity contribution in [1.29, 1.82) is 0 Å². The zero-order chi connectivity index (χ0) is 46.0. The van der Waals surface area contributed by atoms with Gasteiger partial charge in [-0.05, 0) is 12.8 Å². The van der Waals surface area contributed by atoms with Gasteiger partial charge < -0.3 is 81.0 Å². The average Bonchev–Trinajstić information content (AvgIpc) is 3.28. The van der Waals surface area contributed by atoms with Gasteiger partial charge in [0.05, 0.1) is 31.9 Å². The Bertz CT molecular complexity index is 1160. The van der Waals surface area contributed by atoms with Gasteiger partial charge in [-0.2, -0.15) is 0 Å². The van der Waals surface area contributed by atoms with Gasteiger partial charge in [-0.1, -0.05) is 149 Å². The van der Waals surface area contributed by atoms with Gasteiger partial charge in [-0.25, -0.2) is 0 Å². The SMILES string of the molecule is CCCCCCCCCCCCCCO[C@@H]1O[C@H](CO)[C@@H](O[C@@H]2O[C@H](CO)[C@@H](O[C@@H]3O[C@H](CO)[C@@H](O)[C@H](O)[C@H]3N)[C@H](O)[C@H]2N)[C@H](O)[C@H]1NC(=O)CCCCCCCCCCCCC. The van der Waals surface area contributed by atoms with E-state index >= 15 is 0 Å². The number of hydrogen-bond acceptors (Lipinski definition) is 16. The van der Waals surface area contributed by atoms with Gasteiger partial charge in [0.25, 0.3) is 0 Å². The van der Waals surface area contributed by atoms with Crippen molar-refractivity contribution in [1.82, 2.24) is 5.32 Å². The molecule has 0 aromatic carbocycles. The summed E-state index contributed by atoms with van der Waals surface area (Å²) in [5.74, 6) is -0.288. The second-order valence-corrected chi connectivity index (χ2v) is 18.1. The van der Waals surface area contributed by atoms with Gasteiger partial charge in [-0.15, -0.1) is 0 Å². The molecule has 0 bridgehead atoms. The Kier molecular flexibility index (Phi) is 29.0. The average molecular weight is 908 g/mol. The van der Waals surface area contributed by atoms with Crippen molar-refractivity contribution >= 4 is 5.91 Å². The minimum absolute atomic E-state index is 0.242. The van der Waals surface area contributed by atoms with Crippen LogP contribution in [0.25, 0.3) is 0 Å². The van der Waals surface area contributed by atoms with Crippen LogP contribution in [-0.2, 0) is 33.2 Å². The third kappa shape index (κ3) is 19.2. The van der Waals surface area contributed by atoms with Gasteiger partial charge in [0.15, 0.2) is 18.9 Å². The van der Waals surface area contributed by atoms with E-state index in [4.69, 9.17) is 39.9 Å². The Morgan fingerprint density at radius 1 is 0.492 bits per heavy atom. The van der Waals surface area contributed by atoms with Crippen LogP contribution >= 0.6 is 0 Å². The van der Waals surface area contributed by atoms with E-state index in [1.807, 2.05) is 0 Å². The van der Waals surface area contributed by atoms with Gasteiger partial charge in [0, 0.05) is 13.0 Å². The summed E-state index contributed by atoms with van der Waals surface area (Å²) in [5.41, 5.74) is 12.5. The minimum Gasteiger partial charge on any atom is -0.394 e. The third-order valence-corrected chi connectivity index (χ3v) is 12.9. The summed E-state index contributed by atoms with van der Waals surface area (Å²) in [6, 6.07) is -3.74. The summed E-state index contributed by atoms with van der Waals surface area (Å²) in [6.45, 7) is 2.81. The molecule has 0 radical (unpaired) electrons. The fraction of sp³-hybridized carbons (Fsp3) is 0.978. The van der Waals surface area contributed by atoms with Gasteiger partial charge in [0.1, 0.15) is 61.0 Å². The van der Waals surface area contributed by atoms with Crippen LogP contribution in [0.1, 0.15) is 168 Å². The Balaban J connectivity index is 1.59. The van der Waals surface area contributed by atoms with Crippen LogP contribution in [0.5, 0.6) is 0 Å². The van der Waals surface area contributed by atoms with Crippen LogP contribution in [0.3, 0.4) is 0 Å². The van der Waals surface area contributed by atoms with E-state index < -0.39 is 112 Å². The molecule has 0 aromatic heterocycles. The normalized spacial score (nSPS) is 33.7. The Morgan fingerprint density at radius 3 is 1.33 bits per heavy atom. The quantitative estimate of drug-likeness (QED) is 0.0416. The van der Waals surface area contributed by atoms with Crippen molar-refractivity contribution in [2.75, 3.05) is 26.4 Å². The number of hydrogen-bond donors (Lipinski definition) is 10. The molecule has 0 unspecified atom stereocenters. The number of rotatable bonds is 34. The first-order chi connectivity index (χ1) is 30.5. The molecule has 17 heteroatoms. The van der Waals surface area contributed by atoms with Crippen molar-refractivity contribution in [3.8, 4) is 0 Å². The van der Waals surface area contributed by atoms with E-state index in [1.54, 1.807) is 0 Å². The van der Waals surface area contributed by atoms with Crippen molar-refractivity contribution in [2.24, 2.45) is 11.5 Å². The number of nitrogens with one attached hydrogen (secondary N) is 1. The Labute approximate surface area is 377 Å². The smallest absolute Gasteiger partial charge is 0.220 e. The molecule has 63 heavy (non-hydrogen) atoms. The van der Waals surface area contributed by atoms with E-state index in [-0.39, 0.29) is 12.3 Å². The van der Waals surface area contributed by atoms with Gasteiger partial charge >= 0.3 is 0 Å². The van der Waals surface area contributed by atoms with E-state index in [0.717, 1.165) is 44.9 Å². The van der Waals surface area contributed by atoms with Crippen LogP contribution < -0.4 is 16.8 Å². The standard InChI is InChI=1S/C46H89N3O14/c1-3-5-7-9-11-13-15-17-19-21-23-25-27-58-46-37(49-34(53)26-24-22-20-18-16-14-12-10-8-6-4-2)41(57)43(33(30-52)61-46)63-45-36(48)40(56)42(32(29-51)60-45)62-44-35(47)39(55)38(54)31(28-50)59-44/h31-33,35-46,50-52,54-57H,3-30,47-48H2,1-2H3,(H,49,53)/t31-,32-,33-,35-,36-,37-,38-,39-,40-,41-,42-,43-,44+,45+,46-/m1/s1. The van der Waals surface area contributed by atoms with Gasteiger partial charge in [-0.3, -0.25) is 4.79 Å².